The molecule has 5 heteroatoms. The molecule has 0 unspecified atom stereocenters. The fourth-order valence-corrected chi connectivity index (χ4v) is 2.47. The predicted octanol–water partition coefficient (Wildman–Crippen LogP) is 3.29. The van der Waals surface area contributed by atoms with Gasteiger partial charge in [-0.05, 0) is 51.5 Å². The summed E-state index contributed by atoms with van der Waals surface area (Å²) in [5.41, 5.74) is 2.46. The molecule has 1 rings (SSSR count). The molecule has 1 aromatic heterocycles. The van der Waals surface area contributed by atoms with Crippen LogP contribution in [-0.2, 0) is 6.42 Å². The minimum absolute atomic E-state index is 0.841. The van der Waals surface area contributed by atoms with Crippen molar-refractivity contribution in [1.82, 2.24) is 20.4 Å². The maximum absolute atomic E-state index is 4.74. The van der Waals surface area contributed by atoms with Crippen molar-refractivity contribution in [2.24, 2.45) is 4.99 Å². The molecule has 1 heterocycles. The van der Waals surface area contributed by atoms with Gasteiger partial charge in [0, 0.05) is 32.4 Å². The van der Waals surface area contributed by atoms with Crippen molar-refractivity contribution < 1.29 is 0 Å². The largest absolute Gasteiger partial charge is 0.357 e. The Morgan fingerprint density at radius 2 is 2.22 bits per heavy atom. The van der Waals surface area contributed by atoms with Gasteiger partial charge in [0.25, 0.3) is 0 Å². The van der Waals surface area contributed by atoms with Gasteiger partial charge in [-0.1, -0.05) is 12.5 Å². The van der Waals surface area contributed by atoms with Crippen LogP contribution in [-0.4, -0.2) is 47.7 Å². The third-order valence-electron chi connectivity index (χ3n) is 3.90. The van der Waals surface area contributed by atoms with Crippen LogP contribution in [0.5, 0.6) is 0 Å². The first kappa shape index (κ1) is 19.3. The van der Waals surface area contributed by atoms with E-state index in [1.54, 1.807) is 0 Å². The Labute approximate surface area is 141 Å². The van der Waals surface area contributed by atoms with Gasteiger partial charge in [-0.3, -0.25) is 10.1 Å². The summed E-state index contributed by atoms with van der Waals surface area (Å²) in [7, 11) is 2.12. The Morgan fingerprint density at radius 1 is 1.39 bits per heavy atom. The van der Waals surface area contributed by atoms with Crippen LogP contribution in [0.4, 0.5) is 0 Å². The fourth-order valence-electron chi connectivity index (χ4n) is 2.47. The topological polar surface area (TPSA) is 56.3 Å². The lowest BCUT2D eigenvalue weighted by Crippen LogP contribution is -2.39. The smallest absolute Gasteiger partial charge is 0.193 e. The van der Waals surface area contributed by atoms with E-state index < -0.39 is 0 Å². The van der Waals surface area contributed by atoms with Crippen molar-refractivity contribution in [2.45, 2.75) is 52.4 Å². The summed E-state index contributed by atoms with van der Waals surface area (Å²) in [6, 6.07) is 0. The number of rotatable bonds is 11. The molecular formula is C18H33N5. The lowest BCUT2D eigenvalue weighted by Gasteiger charge is -2.22. The minimum Gasteiger partial charge on any atom is -0.357 e. The van der Waals surface area contributed by atoms with E-state index in [9.17, 15) is 0 Å². The number of aryl methyl sites for hydroxylation is 2. The number of guanidine groups is 1. The summed E-state index contributed by atoms with van der Waals surface area (Å²) in [6.07, 6.45) is 10.8. The molecule has 0 amide bonds. The van der Waals surface area contributed by atoms with Gasteiger partial charge in [-0.25, -0.2) is 0 Å². The number of hydrogen-bond donors (Lipinski definition) is 2. The second-order valence-corrected chi connectivity index (χ2v) is 5.92. The average molecular weight is 319 g/mol. The number of aliphatic imine (C=N–C) groups is 1. The molecule has 0 aliphatic carbocycles. The Kier molecular flexibility index (Phi) is 9.84. The predicted molar refractivity (Wildman–Crippen MR) is 98.9 cm³/mol. The zero-order valence-corrected chi connectivity index (χ0v) is 15.1. The van der Waals surface area contributed by atoms with Crippen LogP contribution in [0.15, 0.2) is 23.8 Å². The van der Waals surface area contributed by atoms with Crippen molar-refractivity contribution in [2.75, 3.05) is 26.7 Å². The molecule has 0 bridgehead atoms. The van der Waals surface area contributed by atoms with Gasteiger partial charge in [0.15, 0.2) is 5.96 Å². The van der Waals surface area contributed by atoms with Crippen molar-refractivity contribution in [3.05, 3.63) is 30.1 Å². The normalized spacial score (nSPS) is 11.5. The van der Waals surface area contributed by atoms with Crippen LogP contribution in [0.2, 0.25) is 0 Å². The van der Waals surface area contributed by atoms with E-state index in [-0.39, 0.29) is 0 Å². The summed E-state index contributed by atoms with van der Waals surface area (Å²) in [4.78, 5) is 6.98. The maximum Gasteiger partial charge on any atom is 0.193 e. The second kappa shape index (κ2) is 11.7. The number of nitrogens with one attached hydrogen (secondary N) is 2. The first-order valence-electron chi connectivity index (χ1n) is 8.78. The summed E-state index contributed by atoms with van der Waals surface area (Å²) in [5, 5.41) is 10.4. The SMILES string of the molecule is C=CCCCCCN(C)C(=NCCCc1cn[nH]c1C)NCC. The fraction of sp³-hybridized carbons (Fsp3) is 0.667. The van der Waals surface area contributed by atoms with E-state index in [1.807, 2.05) is 12.3 Å². The number of H-pyrrole nitrogens is 1. The van der Waals surface area contributed by atoms with Crippen molar-refractivity contribution in [3.63, 3.8) is 0 Å². The number of aromatic nitrogens is 2. The van der Waals surface area contributed by atoms with E-state index in [0.717, 1.165) is 50.6 Å². The molecule has 5 nitrogen and oxygen atoms in total. The second-order valence-electron chi connectivity index (χ2n) is 5.92. The summed E-state index contributed by atoms with van der Waals surface area (Å²) >= 11 is 0. The highest BCUT2D eigenvalue weighted by Gasteiger charge is 2.05. The molecule has 2 N–H and O–H groups in total. The third-order valence-corrected chi connectivity index (χ3v) is 3.90. The molecule has 1 aromatic rings. The quantitative estimate of drug-likeness (QED) is 0.285. The summed E-state index contributed by atoms with van der Waals surface area (Å²) < 4.78 is 0. The third kappa shape index (κ3) is 7.86. The highest BCUT2D eigenvalue weighted by Crippen LogP contribution is 2.06. The van der Waals surface area contributed by atoms with Crippen LogP contribution < -0.4 is 5.32 Å². The Morgan fingerprint density at radius 3 is 2.87 bits per heavy atom. The number of unbranched alkanes of at least 4 members (excludes halogenated alkanes) is 3. The molecule has 0 spiro atoms. The lowest BCUT2D eigenvalue weighted by molar-refractivity contribution is 0.455. The van der Waals surface area contributed by atoms with Crippen molar-refractivity contribution in [1.29, 1.82) is 0 Å². The van der Waals surface area contributed by atoms with Gasteiger partial charge in [0.1, 0.15) is 0 Å². The van der Waals surface area contributed by atoms with Gasteiger partial charge >= 0.3 is 0 Å². The Hall–Kier alpha value is -1.78. The standard InChI is InChI=1S/C18H33N5/c1-5-7-8-9-10-14-23(4)18(19-6-2)20-13-11-12-17-15-21-22-16(17)3/h5,15H,1,6-14H2,2-4H3,(H,19,20)(H,21,22). The lowest BCUT2D eigenvalue weighted by atomic mass is 10.1. The number of nitrogens with zero attached hydrogens (tertiary/aromatic N) is 3. The Balaban J connectivity index is 2.33. The van der Waals surface area contributed by atoms with Crippen LogP contribution in [0.1, 0.15) is 50.3 Å². The first-order valence-corrected chi connectivity index (χ1v) is 8.78. The number of aromatic amines is 1. The monoisotopic (exact) mass is 319 g/mol. The molecule has 0 atom stereocenters. The van der Waals surface area contributed by atoms with Crippen LogP contribution in [0.25, 0.3) is 0 Å². The number of hydrogen-bond acceptors (Lipinski definition) is 2. The Bertz CT molecular complexity index is 464. The van der Waals surface area contributed by atoms with Crippen LogP contribution in [0, 0.1) is 6.92 Å². The van der Waals surface area contributed by atoms with Crippen LogP contribution >= 0.6 is 0 Å². The van der Waals surface area contributed by atoms with E-state index in [0.29, 0.717) is 0 Å². The maximum atomic E-state index is 4.74. The zero-order chi connectivity index (χ0) is 16.9. The molecule has 0 saturated carbocycles. The van der Waals surface area contributed by atoms with E-state index in [1.165, 1.54) is 24.8 Å². The van der Waals surface area contributed by atoms with Gasteiger partial charge in [0.2, 0.25) is 0 Å². The highest BCUT2D eigenvalue weighted by molar-refractivity contribution is 5.79. The van der Waals surface area contributed by atoms with E-state index in [4.69, 9.17) is 4.99 Å². The average Bonchev–Trinajstić information content (AvgIpc) is 2.95. The van der Waals surface area contributed by atoms with Gasteiger partial charge in [-0.15, -0.1) is 6.58 Å². The summed E-state index contributed by atoms with van der Waals surface area (Å²) in [5.74, 6) is 1.01. The van der Waals surface area contributed by atoms with Gasteiger partial charge < -0.3 is 10.2 Å². The molecule has 23 heavy (non-hydrogen) atoms. The molecule has 0 fully saturated rings. The van der Waals surface area contributed by atoms with Crippen molar-refractivity contribution in [3.8, 4) is 0 Å². The molecule has 0 aliphatic rings. The van der Waals surface area contributed by atoms with Crippen LogP contribution in [0.3, 0.4) is 0 Å². The molecule has 130 valence electrons. The summed E-state index contributed by atoms with van der Waals surface area (Å²) in [6.45, 7) is 10.7. The molecule has 0 aromatic carbocycles. The zero-order valence-electron chi connectivity index (χ0n) is 15.1. The molecule has 0 radical (unpaired) electrons. The number of allylic oxidation sites excluding steroid dienone is 1. The van der Waals surface area contributed by atoms with Gasteiger partial charge in [-0.2, -0.15) is 5.10 Å². The first-order chi connectivity index (χ1) is 11.2. The van der Waals surface area contributed by atoms with E-state index in [2.05, 4.69) is 47.9 Å². The van der Waals surface area contributed by atoms with E-state index >= 15 is 0 Å². The van der Waals surface area contributed by atoms with Crippen molar-refractivity contribution >= 4 is 5.96 Å². The highest BCUT2D eigenvalue weighted by atomic mass is 15.3. The molecule has 0 aliphatic heterocycles. The van der Waals surface area contributed by atoms with Gasteiger partial charge in [0.05, 0.1) is 6.20 Å². The minimum atomic E-state index is 0.841. The molecular weight excluding hydrogens is 286 g/mol. The molecule has 0 saturated heterocycles.